The van der Waals surface area contributed by atoms with E-state index in [4.69, 9.17) is 4.99 Å². The predicted molar refractivity (Wildman–Crippen MR) is 118 cm³/mol. The van der Waals surface area contributed by atoms with E-state index < -0.39 is 0 Å². The third-order valence-electron chi connectivity index (χ3n) is 6.32. The Morgan fingerprint density at radius 3 is 2.35 bits per heavy atom. The quantitative estimate of drug-likeness (QED) is 0.384. The molecular weight excluding hydrogens is 439 g/mol. The van der Waals surface area contributed by atoms with Crippen LogP contribution < -0.4 is 5.32 Å². The van der Waals surface area contributed by atoms with E-state index in [-0.39, 0.29) is 29.9 Å². The number of carbonyl (C=O) groups is 1. The smallest absolute Gasteiger partial charge is 0.224 e. The lowest BCUT2D eigenvalue weighted by Crippen LogP contribution is -2.42. The van der Waals surface area contributed by atoms with Gasteiger partial charge in [0, 0.05) is 38.6 Å². The van der Waals surface area contributed by atoms with E-state index in [2.05, 4.69) is 29.0 Å². The molecule has 0 radical (unpaired) electrons. The molecule has 150 valence electrons. The monoisotopic (exact) mass is 476 g/mol. The van der Waals surface area contributed by atoms with Crippen molar-refractivity contribution in [3.8, 4) is 0 Å². The van der Waals surface area contributed by atoms with Gasteiger partial charge in [0.25, 0.3) is 0 Å². The van der Waals surface area contributed by atoms with Gasteiger partial charge in [-0.25, -0.2) is 0 Å². The topological polar surface area (TPSA) is 47.9 Å². The molecule has 1 saturated carbocycles. The molecule has 3 atom stereocenters. The lowest BCUT2D eigenvalue weighted by atomic mass is 9.82. The maximum absolute atomic E-state index is 12.5. The highest BCUT2D eigenvalue weighted by molar-refractivity contribution is 14.0. The molecule has 3 unspecified atom stereocenters. The molecule has 0 bridgehead atoms. The Morgan fingerprint density at radius 2 is 1.73 bits per heavy atom. The molecule has 2 heterocycles. The Bertz CT molecular complexity index is 470. The summed E-state index contributed by atoms with van der Waals surface area (Å²) in [4.78, 5) is 21.8. The molecule has 6 heteroatoms. The molecule has 3 aliphatic rings. The van der Waals surface area contributed by atoms with Crippen molar-refractivity contribution in [1.82, 2.24) is 15.1 Å². The van der Waals surface area contributed by atoms with E-state index in [1.54, 1.807) is 0 Å². The SMILES string of the molecule is CCNC(=NCCC(=O)N1CCCCC1C)N1CC2CCCCC2C1.I. The second-order valence-electron chi connectivity index (χ2n) is 8.13. The predicted octanol–water partition coefficient (Wildman–Crippen LogP) is 3.48. The van der Waals surface area contributed by atoms with Crippen molar-refractivity contribution >= 4 is 35.8 Å². The summed E-state index contributed by atoms with van der Waals surface area (Å²) in [6.45, 7) is 9.02. The van der Waals surface area contributed by atoms with Gasteiger partial charge in [-0.05, 0) is 57.8 Å². The molecule has 0 aromatic heterocycles. The van der Waals surface area contributed by atoms with E-state index in [1.165, 1.54) is 32.1 Å². The highest BCUT2D eigenvalue weighted by atomic mass is 127. The van der Waals surface area contributed by atoms with Crippen LogP contribution in [0.15, 0.2) is 4.99 Å². The fourth-order valence-electron chi connectivity index (χ4n) is 4.87. The van der Waals surface area contributed by atoms with Crippen LogP contribution in [0.5, 0.6) is 0 Å². The fourth-order valence-corrected chi connectivity index (χ4v) is 4.87. The number of fused-ring (bicyclic) bond motifs is 1. The van der Waals surface area contributed by atoms with Crippen LogP contribution >= 0.6 is 24.0 Å². The number of nitrogens with zero attached hydrogens (tertiary/aromatic N) is 3. The highest BCUT2D eigenvalue weighted by Crippen LogP contribution is 2.35. The number of hydrogen-bond donors (Lipinski definition) is 1. The third-order valence-corrected chi connectivity index (χ3v) is 6.32. The number of aliphatic imine (C=N–C) groups is 1. The normalized spacial score (nSPS) is 29.2. The van der Waals surface area contributed by atoms with Crippen LogP contribution in [0, 0.1) is 11.8 Å². The summed E-state index contributed by atoms with van der Waals surface area (Å²) in [5, 5.41) is 3.45. The molecule has 0 spiro atoms. The molecule has 1 amide bonds. The number of likely N-dealkylation sites (tertiary alicyclic amines) is 2. The van der Waals surface area contributed by atoms with Crippen molar-refractivity contribution in [2.75, 3.05) is 32.7 Å². The molecule has 26 heavy (non-hydrogen) atoms. The van der Waals surface area contributed by atoms with Gasteiger partial charge in [-0.15, -0.1) is 24.0 Å². The zero-order chi connectivity index (χ0) is 17.6. The highest BCUT2D eigenvalue weighted by Gasteiger charge is 2.35. The molecule has 0 aromatic carbocycles. The van der Waals surface area contributed by atoms with Crippen LogP contribution in [0.3, 0.4) is 0 Å². The van der Waals surface area contributed by atoms with Crippen molar-refractivity contribution in [2.24, 2.45) is 16.8 Å². The Morgan fingerprint density at radius 1 is 1.08 bits per heavy atom. The molecule has 2 saturated heterocycles. The van der Waals surface area contributed by atoms with E-state index in [9.17, 15) is 4.79 Å². The van der Waals surface area contributed by atoms with Crippen LogP contribution in [-0.2, 0) is 4.79 Å². The van der Waals surface area contributed by atoms with E-state index >= 15 is 0 Å². The zero-order valence-corrected chi connectivity index (χ0v) is 18.9. The molecule has 3 fully saturated rings. The van der Waals surface area contributed by atoms with Gasteiger partial charge in [-0.2, -0.15) is 0 Å². The first-order chi connectivity index (χ1) is 12.2. The van der Waals surface area contributed by atoms with Gasteiger partial charge >= 0.3 is 0 Å². The van der Waals surface area contributed by atoms with E-state index in [0.717, 1.165) is 56.8 Å². The first kappa shape index (κ1) is 21.8. The van der Waals surface area contributed by atoms with Gasteiger partial charge in [0.1, 0.15) is 0 Å². The largest absolute Gasteiger partial charge is 0.357 e. The van der Waals surface area contributed by atoms with Gasteiger partial charge in [0.05, 0.1) is 6.54 Å². The summed E-state index contributed by atoms with van der Waals surface area (Å²) in [5.74, 6) is 3.01. The van der Waals surface area contributed by atoms with E-state index in [0.29, 0.717) is 19.0 Å². The second kappa shape index (κ2) is 10.7. The Hall–Kier alpha value is -0.530. The number of nitrogens with one attached hydrogen (secondary N) is 1. The standard InChI is InChI=1S/C20H36N4O.HI/c1-3-21-20(23-14-17-9-4-5-10-18(17)15-23)22-12-11-19(25)24-13-7-6-8-16(24)2;/h16-18H,3-15H2,1-2H3,(H,21,22);1H. The minimum absolute atomic E-state index is 0. The molecule has 1 N–H and O–H groups in total. The first-order valence-electron chi connectivity index (χ1n) is 10.5. The van der Waals surface area contributed by atoms with Crippen LogP contribution in [0.25, 0.3) is 0 Å². The van der Waals surface area contributed by atoms with Gasteiger partial charge in [-0.3, -0.25) is 9.79 Å². The summed E-state index contributed by atoms with van der Waals surface area (Å²) in [6.07, 6.45) is 9.64. The summed E-state index contributed by atoms with van der Waals surface area (Å²) in [6, 6.07) is 0.403. The maximum Gasteiger partial charge on any atom is 0.224 e. The fraction of sp³-hybridized carbons (Fsp3) is 0.900. The van der Waals surface area contributed by atoms with Crippen molar-refractivity contribution in [1.29, 1.82) is 0 Å². The minimum atomic E-state index is 0. The Labute approximate surface area is 176 Å². The average Bonchev–Trinajstić information content (AvgIpc) is 3.05. The van der Waals surface area contributed by atoms with E-state index in [1.807, 2.05) is 0 Å². The van der Waals surface area contributed by atoms with Crippen molar-refractivity contribution in [2.45, 2.75) is 71.3 Å². The number of hydrogen-bond acceptors (Lipinski definition) is 2. The van der Waals surface area contributed by atoms with Gasteiger partial charge in [0.15, 0.2) is 5.96 Å². The number of piperidine rings is 1. The Kier molecular flexibility index (Phi) is 8.97. The molecule has 3 rings (SSSR count). The van der Waals surface area contributed by atoms with Gasteiger partial charge in [-0.1, -0.05) is 12.8 Å². The third kappa shape index (κ3) is 5.49. The summed E-state index contributed by atoms with van der Waals surface area (Å²) >= 11 is 0. The lowest BCUT2D eigenvalue weighted by Gasteiger charge is -2.33. The molecular formula is C20H37IN4O. The van der Waals surface area contributed by atoms with Crippen LogP contribution in [0.1, 0.15) is 65.2 Å². The molecule has 2 aliphatic heterocycles. The number of guanidine groups is 1. The molecule has 0 aromatic rings. The summed E-state index contributed by atoms with van der Waals surface area (Å²) in [5.41, 5.74) is 0. The number of amides is 1. The Balaban J connectivity index is 0.00000243. The zero-order valence-electron chi connectivity index (χ0n) is 16.6. The van der Waals surface area contributed by atoms with Crippen LogP contribution in [0.2, 0.25) is 0 Å². The maximum atomic E-state index is 12.5. The van der Waals surface area contributed by atoms with Crippen molar-refractivity contribution in [3.05, 3.63) is 0 Å². The van der Waals surface area contributed by atoms with Crippen molar-refractivity contribution in [3.63, 3.8) is 0 Å². The van der Waals surface area contributed by atoms with Gasteiger partial charge < -0.3 is 15.1 Å². The van der Waals surface area contributed by atoms with Gasteiger partial charge in [0.2, 0.25) is 5.91 Å². The average molecular weight is 476 g/mol. The summed E-state index contributed by atoms with van der Waals surface area (Å²) < 4.78 is 0. The second-order valence-corrected chi connectivity index (χ2v) is 8.13. The summed E-state index contributed by atoms with van der Waals surface area (Å²) in [7, 11) is 0. The first-order valence-corrected chi connectivity index (χ1v) is 10.5. The van der Waals surface area contributed by atoms with Crippen LogP contribution in [-0.4, -0.2) is 60.4 Å². The lowest BCUT2D eigenvalue weighted by molar-refractivity contribution is -0.134. The molecule has 5 nitrogen and oxygen atoms in total. The van der Waals surface area contributed by atoms with Crippen molar-refractivity contribution < 1.29 is 4.79 Å². The van der Waals surface area contributed by atoms with Crippen LogP contribution in [0.4, 0.5) is 0 Å². The minimum Gasteiger partial charge on any atom is -0.357 e. The number of carbonyl (C=O) groups excluding carboxylic acids is 1. The number of rotatable bonds is 4. The molecule has 1 aliphatic carbocycles. The number of halogens is 1.